The standard InChI is InChI=1S/C20H34N2O3/c1-3-4-5-6-7-8-9-10-20(23)22-16-17-11-12-18(25-14-13-21)19(15-17)24-2/h11-12,15H,3-10,13-14,16,21H2,1-2H3,(H,22,23). The number of hydrogen-bond acceptors (Lipinski definition) is 4. The molecule has 0 unspecified atom stereocenters. The first-order valence-corrected chi connectivity index (χ1v) is 9.47. The van der Waals surface area contributed by atoms with Gasteiger partial charge in [-0.3, -0.25) is 4.79 Å². The fourth-order valence-electron chi connectivity index (χ4n) is 2.64. The van der Waals surface area contributed by atoms with Crippen LogP contribution in [-0.2, 0) is 11.3 Å². The average Bonchev–Trinajstić information content (AvgIpc) is 2.64. The summed E-state index contributed by atoms with van der Waals surface area (Å²) >= 11 is 0. The second-order valence-electron chi connectivity index (χ2n) is 6.27. The summed E-state index contributed by atoms with van der Waals surface area (Å²) < 4.78 is 10.9. The van der Waals surface area contributed by atoms with E-state index in [1.807, 2.05) is 18.2 Å². The summed E-state index contributed by atoms with van der Waals surface area (Å²) in [5.74, 6) is 1.44. The molecule has 1 aromatic carbocycles. The highest BCUT2D eigenvalue weighted by molar-refractivity contribution is 5.75. The smallest absolute Gasteiger partial charge is 0.220 e. The third kappa shape index (κ3) is 9.34. The molecule has 25 heavy (non-hydrogen) atoms. The van der Waals surface area contributed by atoms with Gasteiger partial charge in [0.05, 0.1) is 7.11 Å². The molecule has 0 aliphatic carbocycles. The lowest BCUT2D eigenvalue weighted by Gasteiger charge is -2.12. The molecule has 0 bridgehead atoms. The maximum absolute atomic E-state index is 11.9. The number of benzene rings is 1. The molecule has 0 atom stereocenters. The minimum Gasteiger partial charge on any atom is -0.493 e. The summed E-state index contributed by atoms with van der Waals surface area (Å²) in [7, 11) is 1.60. The summed E-state index contributed by atoms with van der Waals surface area (Å²) in [6, 6.07) is 5.68. The van der Waals surface area contributed by atoms with Crippen molar-refractivity contribution >= 4 is 5.91 Å². The minimum atomic E-state index is 0.107. The van der Waals surface area contributed by atoms with Crippen LogP contribution < -0.4 is 20.5 Å². The minimum absolute atomic E-state index is 0.107. The second kappa shape index (κ2) is 13.5. The van der Waals surface area contributed by atoms with Crippen molar-refractivity contribution in [2.75, 3.05) is 20.3 Å². The molecular weight excluding hydrogens is 316 g/mol. The molecule has 0 heterocycles. The summed E-state index contributed by atoms with van der Waals surface area (Å²) in [6.45, 7) is 3.63. The van der Waals surface area contributed by atoms with Crippen molar-refractivity contribution < 1.29 is 14.3 Å². The molecular formula is C20H34N2O3. The summed E-state index contributed by atoms with van der Waals surface area (Å²) in [6.07, 6.45) is 9.12. The van der Waals surface area contributed by atoms with Gasteiger partial charge in [0, 0.05) is 19.5 Å². The fraction of sp³-hybridized carbons (Fsp3) is 0.650. The van der Waals surface area contributed by atoms with Crippen molar-refractivity contribution in [2.45, 2.75) is 64.8 Å². The molecule has 0 aliphatic heterocycles. The SMILES string of the molecule is CCCCCCCCCC(=O)NCc1ccc(OCCN)c(OC)c1. The zero-order valence-corrected chi connectivity index (χ0v) is 15.8. The van der Waals surface area contributed by atoms with E-state index < -0.39 is 0 Å². The van der Waals surface area contributed by atoms with Crippen LogP contribution in [0.3, 0.4) is 0 Å². The third-order valence-corrected chi connectivity index (χ3v) is 4.10. The lowest BCUT2D eigenvalue weighted by molar-refractivity contribution is -0.121. The van der Waals surface area contributed by atoms with E-state index in [-0.39, 0.29) is 5.91 Å². The van der Waals surface area contributed by atoms with Crippen LogP contribution in [0.4, 0.5) is 0 Å². The molecule has 3 N–H and O–H groups in total. The fourth-order valence-corrected chi connectivity index (χ4v) is 2.64. The average molecular weight is 351 g/mol. The Hall–Kier alpha value is -1.75. The molecule has 1 aromatic rings. The number of carbonyl (C=O) groups excluding carboxylic acids is 1. The molecule has 5 heteroatoms. The Morgan fingerprint density at radius 1 is 1.08 bits per heavy atom. The van der Waals surface area contributed by atoms with E-state index >= 15 is 0 Å². The predicted molar refractivity (Wildman–Crippen MR) is 102 cm³/mol. The van der Waals surface area contributed by atoms with Crippen LogP contribution in [0.5, 0.6) is 11.5 Å². The van der Waals surface area contributed by atoms with Crippen LogP contribution in [0.25, 0.3) is 0 Å². The van der Waals surface area contributed by atoms with Gasteiger partial charge in [0.2, 0.25) is 5.91 Å². The van der Waals surface area contributed by atoms with Gasteiger partial charge in [0.25, 0.3) is 0 Å². The van der Waals surface area contributed by atoms with E-state index in [4.69, 9.17) is 15.2 Å². The first-order valence-electron chi connectivity index (χ1n) is 9.47. The Balaban J connectivity index is 2.26. The summed E-state index contributed by atoms with van der Waals surface area (Å²) in [5.41, 5.74) is 6.44. The molecule has 0 saturated carbocycles. The Morgan fingerprint density at radius 3 is 2.48 bits per heavy atom. The highest BCUT2D eigenvalue weighted by Crippen LogP contribution is 2.27. The molecule has 0 saturated heterocycles. The molecule has 142 valence electrons. The van der Waals surface area contributed by atoms with Crippen molar-refractivity contribution in [3.63, 3.8) is 0 Å². The molecule has 1 amide bonds. The van der Waals surface area contributed by atoms with E-state index in [1.54, 1.807) is 7.11 Å². The predicted octanol–water partition coefficient (Wildman–Crippen LogP) is 3.79. The number of amides is 1. The van der Waals surface area contributed by atoms with E-state index in [0.717, 1.165) is 18.4 Å². The van der Waals surface area contributed by atoms with Crippen LogP contribution in [0.2, 0.25) is 0 Å². The van der Waals surface area contributed by atoms with Gasteiger partial charge in [-0.05, 0) is 24.1 Å². The summed E-state index contributed by atoms with van der Waals surface area (Å²) in [5, 5.41) is 2.97. The summed E-state index contributed by atoms with van der Waals surface area (Å²) in [4.78, 5) is 11.9. The van der Waals surface area contributed by atoms with Gasteiger partial charge in [-0.1, -0.05) is 51.5 Å². The largest absolute Gasteiger partial charge is 0.493 e. The van der Waals surface area contributed by atoms with Gasteiger partial charge < -0.3 is 20.5 Å². The molecule has 1 rings (SSSR count). The Morgan fingerprint density at radius 2 is 1.80 bits per heavy atom. The van der Waals surface area contributed by atoms with Crippen molar-refractivity contribution in [1.29, 1.82) is 0 Å². The first-order chi connectivity index (χ1) is 12.2. The number of methoxy groups -OCH3 is 1. The highest BCUT2D eigenvalue weighted by atomic mass is 16.5. The van der Waals surface area contributed by atoms with Crippen molar-refractivity contribution in [2.24, 2.45) is 5.73 Å². The first kappa shape index (κ1) is 21.3. The third-order valence-electron chi connectivity index (χ3n) is 4.10. The number of ether oxygens (including phenoxy) is 2. The van der Waals surface area contributed by atoms with Crippen LogP contribution in [0.15, 0.2) is 18.2 Å². The Bertz CT molecular complexity index is 492. The normalized spacial score (nSPS) is 10.5. The van der Waals surface area contributed by atoms with Crippen LogP contribution >= 0.6 is 0 Å². The molecule has 0 aromatic heterocycles. The molecule has 5 nitrogen and oxygen atoms in total. The van der Waals surface area contributed by atoms with Crippen LogP contribution in [-0.4, -0.2) is 26.2 Å². The topological polar surface area (TPSA) is 73.6 Å². The monoisotopic (exact) mass is 350 g/mol. The number of nitrogens with one attached hydrogen (secondary N) is 1. The van der Waals surface area contributed by atoms with Crippen molar-refractivity contribution in [3.05, 3.63) is 23.8 Å². The zero-order valence-electron chi connectivity index (χ0n) is 15.8. The second-order valence-corrected chi connectivity index (χ2v) is 6.27. The number of hydrogen-bond donors (Lipinski definition) is 2. The Labute approximate surface area is 152 Å². The quantitative estimate of drug-likeness (QED) is 0.501. The van der Waals surface area contributed by atoms with E-state index in [1.165, 1.54) is 32.1 Å². The number of unbranched alkanes of at least 4 members (excludes halogenated alkanes) is 6. The Kier molecular flexibility index (Phi) is 11.5. The maximum atomic E-state index is 11.9. The number of nitrogens with two attached hydrogens (primary N) is 1. The molecule has 0 radical (unpaired) electrons. The van der Waals surface area contributed by atoms with Crippen LogP contribution in [0, 0.1) is 0 Å². The van der Waals surface area contributed by atoms with Gasteiger partial charge in [0.1, 0.15) is 6.61 Å². The van der Waals surface area contributed by atoms with Gasteiger partial charge in [0.15, 0.2) is 11.5 Å². The van der Waals surface area contributed by atoms with E-state index in [9.17, 15) is 4.79 Å². The van der Waals surface area contributed by atoms with Gasteiger partial charge in [-0.2, -0.15) is 0 Å². The highest BCUT2D eigenvalue weighted by Gasteiger charge is 2.07. The van der Waals surface area contributed by atoms with Gasteiger partial charge >= 0.3 is 0 Å². The van der Waals surface area contributed by atoms with Crippen molar-refractivity contribution in [3.8, 4) is 11.5 Å². The lowest BCUT2D eigenvalue weighted by Crippen LogP contribution is -2.22. The van der Waals surface area contributed by atoms with Gasteiger partial charge in [-0.25, -0.2) is 0 Å². The van der Waals surface area contributed by atoms with Gasteiger partial charge in [-0.15, -0.1) is 0 Å². The van der Waals surface area contributed by atoms with Crippen LogP contribution in [0.1, 0.15) is 63.9 Å². The molecule has 0 fully saturated rings. The number of rotatable bonds is 14. The van der Waals surface area contributed by atoms with Crippen molar-refractivity contribution in [1.82, 2.24) is 5.32 Å². The molecule has 0 spiro atoms. The zero-order chi connectivity index (χ0) is 18.3. The molecule has 0 aliphatic rings. The maximum Gasteiger partial charge on any atom is 0.220 e. The van der Waals surface area contributed by atoms with E-state index in [0.29, 0.717) is 37.6 Å². The lowest BCUT2D eigenvalue weighted by atomic mass is 10.1. The van der Waals surface area contributed by atoms with E-state index in [2.05, 4.69) is 12.2 Å². The number of carbonyl (C=O) groups is 1.